The van der Waals surface area contributed by atoms with Gasteiger partial charge in [0.15, 0.2) is 0 Å². The Morgan fingerprint density at radius 3 is 2.53 bits per heavy atom. The number of carbonyl (C=O) groups excluding carboxylic acids is 1. The third-order valence-electron chi connectivity index (χ3n) is 4.85. The number of ether oxygens (including phenoxy) is 1. The summed E-state index contributed by atoms with van der Waals surface area (Å²) in [5.41, 5.74) is 2.37. The molecule has 0 saturated heterocycles. The molecule has 32 heavy (non-hydrogen) atoms. The first-order chi connectivity index (χ1) is 15.1. The highest BCUT2D eigenvalue weighted by Gasteiger charge is 2.22. The topological polar surface area (TPSA) is 91.3 Å². The Hall–Kier alpha value is -2.84. The summed E-state index contributed by atoms with van der Waals surface area (Å²) < 4.78 is 43.3. The van der Waals surface area contributed by atoms with E-state index < -0.39 is 33.8 Å². The molecule has 2 aromatic carbocycles. The molecular formula is C24H26FN2O4S-. The Morgan fingerprint density at radius 1 is 1.22 bits per heavy atom. The predicted molar refractivity (Wildman–Crippen MR) is 122 cm³/mol. The van der Waals surface area contributed by atoms with Gasteiger partial charge >= 0.3 is 6.09 Å². The van der Waals surface area contributed by atoms with Crippen molar-refractivity contribution in [2.45, 2.75) is 45.0 Å². The average molecular weight is 458 g/mol. The zero-order chi connectivity index (χ0) is 23.5. The number of rotatable bonds is 6. The first kappa shape index (κ1) is 23.8. The number of hydrogen-bond acceptors (Lipinski definition) is 5. The summed E-state index contributed by atoms with van der Waals surface area (Å²) in [7, 11) is 0. The largest absolute Gasteiger partial charge is 0.772 e. The van der Waals surface area contributed by atoms with Crippen molar-refractivity contribution in [3.05, 3.63) is 65.6 Å². The highest BCUT2D eigenvalue weighted by molar-refractivity contribution is 7.79. The van der Waals surface area contributed by atoms with E-state index in [1.54, 1.807) is 27.7 Å². The molecule has 6 nitrogen and oxygen atoms in total. The second-order valence-electron chi connectivity index (χ2n) is 8.46. The van der Waals surface area contributed by atoms with Gasteiger partial charge in [-0.3, -0.25) is 9.19 Å². The number of fused-ring (bicyclic) bond motifs is 1. The number of carbonyl (C=O) groups is 1. The summed E-state index contributed by atoms with van der Waals surface area (Å²) in [6, 6.07) is 13.4. The molecule has 3 aromatic rings. The summed E-state index contributed by atoms with van der Waals surface area (Å²) in [4.78, 5) is 16.7. The maximum atomic E-state index is 14.1. The Bertz CT molecular complexity index is 1150. The van der Waals surface area contributed by atoms with Crippen molar-refractivity contribution in [3.63, 3.8) is 0 Å². The monoisotopic (exact) mass is 457 g/mol. The Kier molecular flexibility index (Phi) is 7.26. The number of halogens is 1. The van der Waals surface area contributed by atoms with E-state index in [1.807, 2.05) is 30.3 Å². The lowest BCUT2D eigenvalue weighted by atomic mass is 9.91. The van der Waals surface area contributed by atoms with Crippen molar-refractivity contribution in [2.24, 2.45) is 0 Å². The highest BCUT2D eigenvalue weighted by atomic mass is 32.2. The van der Waals surface area contributed by atoms with Crippen LogP contribution in [-0.2, 0) is 22.2 Å². The van der Waals surface area contributed by atoms with Crippen LogP contribution >= 0.6 is 0 Å². The van der Waals surface area contributed by atoms with Crippen molar-refractivity contribution in [1.29, 1.82) is 0 Å². The molecule has 2 atom stereocenters. The third-order valence-corrected chi connectivity index (χ3v) is 5.66. The third kappa shape index (κ3) is 5.69. The van der Waals surface area contributed by atoms with Crippen molar-refractivity contribution in [2.75, 3.05) is 6.54 Å². The molecule has 0 aliphatic rings. The van der Waals surface area contributed by atoms with Gasteiger partial charge in [0.1, 0.15) is 11.4 Å². The summed E-state index contributed by atoms with van der Waals surface area (Å²) in [5.74, 6) is -0.470. The predicted octanol–water partition coefficient (Wildman–Crippen LogP) is 5.05. The first-order valence-electron chi connectivity index (χ1n) is 10.3. The van der Waals surface area contributed by atoms with E-state index in [1.165, 1.54) is 18.2 Å². The number of benzene rings is 2. The minimum atomic E-state index is -2.43. The fourth-order valence-corrected chi connectivity index (χ4v) is 3.97. The van der Waals surface area contributed by atoms with Crippen LogP contribution in [0.2, 0.25) is 0 Å². The van der Waals surface area contributed by atoms with E-state index in [0.29, 0.717) is 34.1 Å². The van der Waals surface area contributed by atoms with Crippen LogP contribution in [0.15, 0.2) is 48.5 Å². The summed E-state index contributed by atoms with van der Waals surface area (Å²) >= 11 is -2.43. The van der Waals surface area contributed by atoms with Crippen LogP contribution in [0.5, 0.6) is 0 Å². The molecule has 8 heteroatoms. The van der Waals surface area contributed by atoms with Gasteiger partial charge in [0, 0.05) is 29.2 Å². The van der Waals surface area contributed by atoms with Crippen molar-refractivity contribution >= 4 is 28.1 Å². The number of nitrogens with zero attached hydrogens (tertiary/aromatic N) is 1. The minimum Gasteiger partial charge on any atom is -0.772 e. The van der Waals surface area contributed by atoms with E-state index >= 15 is 0 Å². The van der Waals surface area contributed by atoms with Crippen molar-refractivity contribution in [3.8, 4) is 11.1 Å². The van der Waals surface area contributed by atoms with Crippen LogP contribution in [0, 0.1) is 5.82 Å². The Morgan fingerprint density at radius 2 is 1.91 bits per heavy atom. The lowest BCUT2D eigenvalue weighted by Crippen LogP contribution is -2.33. The van der Waals surface area contributed by atoms with Crippen LogP contribution < -0.4 is 5.32 Å². The second-order valence-corrected chi connectivity index (χ2v) is 9.68. The molecule has 170 valence electrons. The molecule has 2 unspecified atom stereocenters. The fourth-order valence-electron chi connectivity index (χ4n) is 3.54. The molecule has 0 bridgehead atoms. The number of hydrogen-bond donors (Lipinski definition) is 1. The van der Waals surface area contributed by atoms with Crippen LogP contribution in [-0.4, -0.2) is 32.0 Å². The molecule has 0 aliphatic carbocycles. The summed E-state index contributed by atoms with van der Waals surface area (Å²) in [6.07, 6.45) is -0.210. The minimum absolute atomic E-state index is 0.239. The molecule has 1 aromatic heterocycles. The lowest BCUT2D eigenvalue weighted by Gasteiger charge is -2.24. The van der Waals surface area contributed by atoms with E-state index in [2.05, 4.69) is 5.32 Å². The number of amides is 1. The van der Waals surface area contributed by atoms with Crippen LogP contribution in [0.3, 0.4) is 0 Å². The average Bonchev–Trinajstić information content (AvgIpc) is 2.71. The standard InChI is InChI=1S/C24H27FN2O4S/c1-15(32(29)30)21-18-14-17(25)10-11-19(18)27-20(22(21)16-8-6-5-7-9-16)12-13-26-23(28)31-24(2,3)4/h5-11,14-15H,12-13H2,1-4H3,(H,26,28)(H,29,30)/p-1. The zero-order valence-corrected chi connectivity index (χ0v) is 19.3. The number of aromatic nitrogens is 1. The van der Waals surface area contributed by atoms with E-state index in [0.717, 1.165) is 5.56 Å². The lowest BCUT2D eigenvalue weighted by molar-refractivity contribution is 0.0528. The van der Waals surface area contributed by atoms with Gasteiger partial charge in [0.05, 0.1) is 11.2 Å². The molecule has 1 amide bonds. The van der Waals surface area contributed by atoms with Gasteiger partial charge in [0.2, 0.25) is 0 Å². The Balaban J connectivity index is 2.11. The molecule has 0 spiro atoms. The number of nitrogens with one attached hydrogen (secondary N) is 1. The molecule has 0 aliphatic heterocycles. The van der Waals surface area contributed by atoms with Crippen molar-refractivity contribution < 1.29 is 22.7 Å². The van der Waals surface area contributed by atoms with Crippen LogP contribution in [0.4, 0.5) is 9.18 Å². The van der Waals surface area contributed by atoms with Gasteiger partial charge in [-0.1, -0.05) is 30.3 Å². The molecular weight excluding hydrogens is 431 g/mol. The van der Waals surface area contributed by atoms with Gasteiger partial charge in [-0.05, 0) is 68.1 Å². The van der Waals surface area contributed by atoms with E-state index in [9.17, 15) is 17.9 Å². The normalized spacial score (nSPS) is 13.6. The molecule has 0 saturated carbocycles. The molecule has 1 N–H and O–H groups in total. The van der Waals surface area contributed by atoms with Crippen LogP contribution in [0.1, 0.15) is 44.2 Å². The number of pyridine rings is 1. The summed E-state index contributed by atoms with van der Waals surface area (Å²) in [6.45, 7) is 7.14. The maximum Gasteiger partial charge on any atom is 0.407 e. The smallest absolute Gasteiger partial charge is 0.407 e. The molecule has 1 heterocycles. The molecule has 0 radical (unpaired) electrons. The number of alkyl carbamates (subject to hydrolysis) is 1. The van der Waals surface area contributed by atoms with Crippen LogP contribution in [0.25, 0.3) is 22.0 Å². The van der Waals surface area contributed by atoms with Gasteiger partial charge in [-0.15, -0.1) is 0 Å². The molecule has 3 rings (SSSR count). The summed E-state index contributed by atoms with van der Waals surface area (Å²) in [5, 5.41) is 2.27. The quantitative estimate of drug-likeness (QED) is 0.523. The molecule has 0 fully saturated rings. The first-order valence-corrected chi connectivity index (χ1v) is 11.4. The van der Waals surface area contributed by atoms with Gasteiger partial charge in [0.25, 0.3) is 0 Å². The van der Waals surface area contributed by atoms with Gasteiger partial charge in [-0.2, -0.15) is 0 Å². The zero-order valence-electron chi connectivity index (χ0n) is 18.5. The fraction of sp³-hybridized carbons (Fsp3) is 0.333. The van der Waals surface area contributed by atoms with Gasteiger partial charge < -0.3 is 14.6 Å². The maximum absolute atomic E-state index is 14.1. The Labute approximate surface area is 189 Å². The van der Waals surface area contributed by atoms with E-state index in [-0.39, 0.29) is 6.54 Å². The second kappa shape index (κ2) is 9.75. The van der Waals surface area contributed by atoms with Crippen molar-refractivity contribution in [1.82, 2.24) is 10.3 Å². The SMILES string of the molecule is CC(c1c(-c2ccccc2)c(CCNC(=O)OC(C)(C)C)nc2ccc(F)cc12)S(=O)[O-]. The highest BCUT2D eigenvalue weighted by Crippen LogP contribution is 2.38. The van der Waals surface area contributed by atoms with E-state index in [4.69, 9.17) is 9.72 Å². The van der Waals surface area contributed by atoms with Gasteiger partial charge in [-0.25, -0.2) is 9.18 Å².